The molecule has 19 heavy (non-hydrogen) atoms. The van der Waals surface area contributed by atoms with Gasteiger partial charge in [-0.15, -0.1) is 0 Å². The Labute approximate surface area is 111 Å². The summed E-state index contributed by atoms with van der Waals surface area (Å²) in [6.45, 7) is 2.12. The Balaban J connectivity index is 1.88. The fraction of sp³-hybridized carbons (Fsp3) is 0.571. The van der Waals surface area contributed by atoms with Crippen LogP contribution < -0.4 is 5.32 Å². The molecule has 1 aliphatic heterocycles. The molecule has 106 valence electrons. The van der Waals surface area contributed by atoms with Gasteiger partial charge in [-0.3, -0.25) is 0 Å². The normalized spacial score (nSPS) is 20.5. The molecule has 1 heterocycles. The molecule has 1 aliphatic rings. The molecule has 2 rings (SSSR count). The van der Waals surface area contributed by atoms with E-state index >= 15 is 0 Å². The van der Waals surface area contributed by atoms with Gasteiger partial charge in [-0.25, -0.2) is 0 Å². The van der Waals surface area contributed by atoms with Crippen molar-refractivity contribution in [3.8, 4) is 0 Å². The maximum Gasteiger partial charge on any atom is 0.416 e. The lowest BCUT2D eigenvalue weighted by Gasteiger charge is -2.23. The van der Waals surface area contributed by atoms with Crippen molar-refractivity contribution in [3.05, 3.63) is 35.4 Å². The molecule has 1 fully saturated rings. The number of ether oxygens (including phenoxy) is 1. The van der Waals surface area contributed by atoms with E-state index in [4.69, 9.17) is 4.74 Å². The van der Waals surface area contributed by atoms with E-state index in [1.165, 1.54) is 12.1 Å². The quantitative estimate of drug-likeness (QED) is 0.910. The zero-order chi connectivity index (χ0) is 13.7. The number of rotatable bonds is 4. The highest BCUT2D eigenvalue weighted by atomic mass is 19.4. The number of hydrogen-bond acceptors (Lipinski definition) is 2. The van der Waals surface area contributed by atoms with Gasteiger partial charge in [0.1, 0.15) is 0 Å². The summed E-state index contributed by atoms with van der Waals surface area (Å²) < 4.78 is 44.0. The van der Waals surface area contributed by atoms with E-state index in [0.717, 1.165) is 32.0 Å². The van der Waals surface area contributed by atoms with Gasteiger partial charge in [-0.1, -0.05) is 18.2 Å². The number of alkyl halides is 3. The highest BCUT2D eigenvalue weighted by molar-refractivity contribution is 5.29. The van der Waals surface area contributed by atoms with E-state index in [9.17, 15) is 13.2 Å². The first kappa shape index (κ1) is 14.3. The van der Waals surface area contributed by atoms with Crippen LogP contribution in [0.1, 0.15) is 24.0 Å². The highest BCUT2D eigenvalue weighted by Crippen LogP contribution is 2.32. The second-order valence-corrected chi connectivity index (χ2v) is 4.74. The first-order valence-electron chi connectivity index (χ1n) is 6.55. The third kappa shape index (κ3) is 4.21. The van der Waals surface area contributed by atoms with Crippen molar-refractivity contribution in [2.75, 3.05) is 19.7 Å². The molecular weight excluding hydrogens is 255 g/mol. The Bertz CT molecular complexity index is 400. The van der Waals surface area contributed by atoms with E-state index < -0.39 is 11.7 Å². The number of hydrogen-bond donors (Lipinski definition) is 1. The minimum absolute atomic E-state index is 0.131. The molecule has 0 spiro atoms. The molecule has 2 nitrogen and oxygen atoms in total. The van der Waals surface area contributed by atoms with Gasteiger partial charge in [0.05, 0.1) is 18.3 Å². The molecule has 1 atom stereocenters. The Kier molecular flexibility index (Phi) is 4.82. The van der Waals surface area contributed by atoms with Crippen LogP contribution in [0.25, 0.3) is 0 Å². The Morgan fingerprint density at radius 3 is 2.74 bits per heavy atom. The van der Waals surface area contributed by atoms with E-state index in [-0.39, 0.29) is 6.10 Å². The molecular formula is C14H18F3NO. The Morgan fingerprint density at radius 2 is 2.05 bits per heavy atom. The molecule has 1 aromatic carbocycles. The fourth-order valence-corrected chi connectivity index (χ4v) is 2.31. The predicted octanol–water partition coefficient (Wildman–Crippen LogP) is 3.02. The maximum atomic E-state index is 12.8. The topological polar surface area (TPSA) is 21.3 Å². The van der Waals surface area contributed by atoms with E-state index in [0.29, 0.717) is 18.6 Å². The third-order valence-corrected chi connectivity index (χ3v) is 3.30. The molecule has 1 aromatic rings. The summed E-state index contributed by atoms with van der Waals surface area (Å²) in [5.41, 5.74) is -0.251. The molecule has 1 N–H and O–H groups in total. The molecule has 1 unspecified atom stereocenters. The van der Waals surface area contributed by atoms with Crippen molar-refractivity contribution in [2.45, 2.75) is 31.5 Å². The number of benzene rings is 1. The van der Waals surface area contributed by atoms with Crippen molar-refractivity contribution in [2.24, 2.45) is 0 Å². The fourth-order valence-electron chi connectivity index (χ4n) is 2.31. The van der Waals surface area contributed by atoms with Gasteiger partial charge in [0.25, 0.3) is 0 Å². The average molecular weight is 273 g/mol. The number of piperidine rings is 1. The minimum atomic E-state index is -4.29. The van der Waals surface area contributed by atoms with E-state index in [1.807, 2.05) is 0 Å². The van der Waals surface area contributed by atoms with Gasteiger partial charge >= 0.3 is 6.18 Å². The summed E-state index contributed by atoms with van der Waals surface area (Å²) in [6, 6.07) is 5.69. The van der Waals surface area contributed by atoms with Gasteiger partial charge in [-0.05, 0) is 37.4 Å². The molecule has 0 amide bonds. The van der Waals surface area contributed by atoms with Crippen LogP contribution in [-0.4, -0.2) is 25.8 Å². The van der Waals surface area contributed by atoms with E-state index in [2.05, 4.69) is 5.32 Å². The molecule has 5 heteroatoms. The van der Waals surface area contributed by atoms with Crippen LogP contribution in [0.3, 0.4) is 0 Å². The first-order chi connectivity index (χ1) is 9.07. The summed E-state index contributed by atoms with van der Waals surface area (Å²) in [7, 11) is 0. The van der Waals surface area contributed by atoms with Crippen LogP contribution in [0.5, 0.6) is 0 Å². The van der Waals surface area contributed by atoms with Crippen molar-refractivity contribution < 1.29 is 17.9 Å². The Hall–Kier alpha value is -1.07. The highest BCUT2D eigenvalue weighted by Gasteiger charge is 2.32. The van der Waals surface area contributed by atoms with Crippen molar-refractivity contribution >= 4 is 0 Å². The van der Waals surface area contributed by atoms with Crippen LogP contribution in [0.4, 0.5) is 13.2 Å². The van der Waals surface area contributed by atoms with Crippen LogP contribution in [0, 0.1) is 0 Å². The molecule has 1 saturated heterocycles. The van der Waals surface area contributed by atoms with Crippen LogP contribution in [0.15, 0.2) is 24.3 Å². The van der Waals surface area contributed by atoms with Crippen LogP contribution in [-0.2, 0) is 17.3 Å². The second kappa shape index (κ2) is 6.39. The smallest absolute Gasteiger partial charge is 0.377 e. The summed E-state index contributed by atoms with van der Waals surface area (Å²) in [5, 5.41) is 3.21. The van der Waals surface area contributed by atoms with Gasteiger partial charge in [0.2, 0.25) is 0 Å². The van der Waals surface area contributed by atoms with Gasteiger partial charge < -0.3 is 10.1 Å². The lowest BCUT2D eigenvalue weighted by Crippen LogP contribution is -2.35. The van der Waals surface area contributed by atoms with E-state index in [1.54, 1.807) is 6.07 Å². The monoisotopic (exact) mass is 273 g/mol. The predicted molar refractivity (Wildman–Crippen MR) is 67.0 cm³/mol. The summed E-state index contributed by atoms with van der Waals surface area (Å²) >= 11 is 0. The second-order valence-electron chi connectivity index (χ2n) is 4.74. The number of halogens is 3. The van der Waals surface area contributed by atoms with Crippen molar-refractivity contribution in [3.63, 3.8) is 0 Å². The SMILES string of the molecule is FC(F)(F)c1ccccc1CCOC1CCCNC1. The maximum absolute atomic E-state index is 12.8. The molecule has 0 bridgehead atoms. The molecule has 0 aromatic heterocycles. The standard InChI is InChI=1S/C14H18F3NO/c15-14(16,17)13-6-2-1-4-11(13)7-9-19-12-5-3-8-18-10-12/h1-2,4,6,12,18H,3,5,7-10H2. The molecule has 0 aliphatic carbocycles. The minimum Gasteiger partial charge on any atom is -0.377 e. The lowest BCUT2D eigenvalue weighted by atomic mass is 10.0. The van der Waals surface area contributed by atoms with Crippen LogP contribution >= 0.6 is 0 Å². The zero-order valence-electron chi connectivity index (χ0n) is 10.7. The largest absolute Gasteiger partial charge is 0.416 e. The van der Waals surface area contributed by atoms with Crippen LogP contribution in [0.2, 0.25) is 0 Å². The van der Waals surface area contributed by atoms with Crippen molar-refractivity contribution in [1.82, 2.24) is 5.32 Å². The summed E-state index contributed by atoms with van der Waals surface area (Å²) in [6.07, 6.45) is -1.82. The third-order valence-electron chi connectivity index (χ3n) is 3.30. The first-order valence-corrected chi connectivity index (χ1v) is 6.55. The molecule has 0 radical (unpaired) electrons. The zero-order valence-corrected chi connectivity index (χ0v) is 10.7. The number of nitrogens with one attached hydrogen (secondary N) is 1. The summed E-state index contributed by atoms with van der Waals surface area (Å²) in [4.78, 5) is 0. The van der Waals surface area contributed by atoms with Crippen molar-refractivity contribution in [1.29, 1.82) is 0 Å². The lowest BCUT2D eigenvalue weighted by molar-refractivity contribution is -0.138. The van der Waals surface area contributed by atoms with Gasteiger partial charge in [0, 0.05) is 6.54 Å². The van der Waals surface area contributed by atoms with Gasteiger partial charge in [-0.2, -0.15) is 13.2 Å². The average Bonchev–Trinajstić information content (AvgIpc) is 2.39. The Morgan fingerprint density at radius 1 is 1.26 bits per heavy atom. The molecule has 0 saturated carbocycles. The summed E-state index contributed by atoms with van der Waals surface area (Å²) in [5.74, 6) is 0. The van der Waals surface area contributed by atoms with Gasteiger partial charge in [0.15, 0.2) is 0 Å².